The lowest BCUT2D eigenvalue weighted by atomic mass is 10.1. The van der Waals surface area contributed by atoms with Gasteiger partial charge in [0.05, 0.1) is 5.92 Å². The lowest BCUT2D eigenvalue weighted by Gasteiger charge is -2.24. The van der Waals surface area contributed by atoms with E-state index in [9.17, 15) is 18.8 Å². The van der Waals surface area contributed by atoms with Crippen molar-refractivity contribution in [3.63, 3.8) is 0 Å². The second-order valence-electron chi connectivity index (χ2n) is 7.08. The number of amides is 3. The smallest absolute Gasteiger partial charge is 0.279 e. The minimum atomic E-state index is -0.879. The Balaban J connectivity index is 1.44. The fraction of sp³-hybridized carbons (Fsp3) is 0.526. The number of rotatable bonds is 5. The molecule has 2 N–H and O–H groups in total. The fourth-order valence-electron chi connectivity index (χ4n) is 3.57. The Hall–Kier alpha value is -2.64. The van der Waals surface area contributed by atoms with Crippen LogP contribution in [0.2, 0.25) is 0 Å². The van der Waals surface area contributed by atoms with Crippen LogP contribution in [-0.4, -0.2) is 41.3 Å². The Labute approximate surface area is 157 Å². The number of hydrogen-bond donors (Lipinski definition) is 2. The van der Waals surface area contributed by atoms with Gasteiger partial charge in [-0.25, -0.2) is 4.39 Å². The van der Waals surface area contributed by atoms with E-state index in [-0.39, 0.29) is 24.3 Å². The molecule has 0 aromatic heterocycles. The Morgan fingerprint density at radius 3 is 2.52 bits per heavy atom. The summed E-state index contributed by atoms with van der Waals surface area (Å²) in [5, 5.41) is 0. The first-order chi connectivity index (χ1) is 12.9. The van der Waals surface area contributed by atoms with Crippen LogP contribution < -0.4 is 15.6 Å². The lowest BCUT2D eigenvalue weighted by Crippen LogP contribution is -2.49. The molecule has 2 unspecified atom stereocenters. The average Bonchev–Trinajstić information content (AvgIpc) is 3.30. The van der Waals surface area contributed by atoms with Gasteiger partial charge in [-0.1, -0.05) is 12.8 Å². The molecule has 7 nitrogen and oxygen atoms in total. The first kappa shape index (κ1) is 19.1. The molecule has 146 valence electrons. The zero-order valence-corrected chi connectivity index (χ0v) is 15.2. The highest BCUT2D eigenvalue weighted by atomic mass is 19.1. The molecule has 27 heavy (non-hydrogen) atoms. The van der Waals surface area contributed by atoms with Crippen LogP contribution in [-0.2, 0) is 14.4 Å². The van der Waals surface area contributed by atoms with Gasteiger partial charge in [0, 0.05) is 19.0 Å². The first-order valence-corrected chi connectivity index (χ1v) is 9.25. The number of benzene rings is 1. The Morgan fingerprint density at radius 1 is 1.19 bits per heavy atom. The molecule has 0 radical (unpaired) electrons. The summed E-state index contributed by atoms with van der Waals surface area (Å²) < 4.78 is 18.3. The summed E-state index contributed by atoms with van der Waals surface area (Å²) in [6, 6.07) is 5.54. The second-order valence-corrected chi connectivity index (χ2v) is 7.08. The second kappa shape index (κ2) is 8.37. The molecule has 2 fully saturated rings. The molecule has 3 rings (SSSR count). The molecule has 1 aromatic rings. The maximum absolute atomic E-state index is 12.9. The summed E-state index contributed by atoms with van der Waals surface area (Å²) in [4.78, 5) is 38.3. The van der Waals surface area contributed by atoms with Crippen molar-refractivity contribution in [3.05, 3.63) is 30.1 Å². The van der Waals surface area contributed by atoms with Crippen LogP contribution in [0.5, 0.6) is 5.75 Å². The summed E-state index contributed by atoms with van der Waals surface area (Å²) in [7, 11) is 0. The number of likely N-dealkylation sites (tertiary alicyclic amines) is 1. The Morgan fingerprint density at radius 2 is 1.85 bits per heavy atom. The molecule has 2 atom stereocenters. The summed E-state index contributed by atoms with van der Waals surface area (Å²) in [5.41, 5.74) is 4.70. The van der Waals surface area contributed by atoms with Gasteiger partial charge in [0.15, 0.2) is 6.10 Å². The van der Waals surface area contributed by atoms with Crippen molar-refractivity contribution in [3.8, 4) is 5.75 Å². The first-order valence-electron chi connectivity index (χ1n) is 9.25. The third-order valence-electron chi connectivity index (χ3n) is 5.10. The number of ether oxygens (including phenoxy) is 1. The van der Waals surface area contributed by atoms with Gasteiger partial charge >= 0.3 is 0 Å². The molecule has 3 amide bonds. The van der Waals surface area contributed by atoms with Crippen molar-refractivity contribution in [2.24, 2.45) is 5.92 Å². The highest BCUT2D eigenvalue weighted by Gasteiger charge is 2.38. The van der Waals surface area contributed by atoms with Gasteiger partial charge < -0.3 is 9.64 Å². The van der Waals surface area contributed by atoms with Crippen LogP contribution in [0.3, 0.4) is 0 Å². The van der Waals surface area contributed by atoms with Gasteiger partial charge in [0.25, 0.3) is 5.91 Å². The molecule has 1 aromatic carbocycles. The van der Waals surface area contributed by atoms with E-state index in [2.05, 4.69) is 10.9 Å². The molecule has 0 bridgehead atoms. The minimum Gasteiger partial charge on any atom is -0.481 e. The normalized spacial score (nSPS) is 21.2. The van der Waals surface area contributed by atoms with Crippen LogP contribution in [0.4, 0.5) is 4.39 Å². The number of halogens is 1. The molecular weight excluding hydrogens is 353 g/mol. The Bertz CT molecular complexity index is 703. The standard InChI is InChI=1S/C19H24FN3O4/c1-12(27-16-8-6-14(20)7-9-16)18(25)21-22-19(26)13-10-17(24)23(11-13)15-4-2-3-5-15/h6-9,12-13,15H,2-5,10-11H2,1H3,(H,21,25)(H,22,26). The van der Waals surface area contributed by atoms with Gasteiger partial charge in [-0.2, -0.15) is 0 Å². The minimum absolute atomic E-state index is 0.00128. The average molecular weight is 377 g/mol. The SMILES string of the molecule is CC(Oc1ccc(F)cc1)C(=O)NNC(=O)C1CC(=O)N(C2CCCC2)C1. The maximum Gasteiger partial charge on any atom is 0.279 e. The largest absolute Gasteiger partial charge is 0.481 e. The van der Waals surface area contributed by atoms with Crippen LogP contribution >= 0.6 is 0 Å². The van der Waals surface area contributed by atoms with E-state index in [1.165, 1.54) is 31.2 Å². The molecule has 8 heteroatoms. The van der Waals surface area contributed by atoms with Crippen molar-refractivity contribution in [2.75, 3.05) is 6.54 Å². The zero-order chi connectivity index (χ0) is 19.4. The number of hydrogen-bond acceptors (Lipinski definition) is 4. The number of nitrogens with one attached hydrogen (secondary N) is 2. The van der Waals surface area contributed by atoms with Crippen molar-refractivity contribution in [2.45, 2.75) is 51.2 Å². The third kappa shape index (κ3) is 4.75. The summed E-state index contributed by atoms with van der Waals surface area (Å²) >= 11 is 0. The number of nitrogens with zero attached hydrogens (tertiary/aromatic N) is 1. The van der Waals surface area contributed by atoms with Gasteiger partial charge in [0.2, 0.25) is 11.8 Å². The molecule has 2 aliphatic rings. The molecule has 1 saturated carbocycles. The lowest BCUT2D eigenvalue weighted by molar-refractivity contribution is -0.134. The topological polar surface area (TPSA) is 87.7 Å². The van der Waals surface area contributed by atoms with Gasteiger partial charge in [-0.15, -0.1) is 0 Å². The zero-order valence-electron chi connectivity index (χ0n) is 15.2. The predicted molar refractivity (Wildman–Crippen MR) is 94.9 cm³/mol. The molecule has 0 spiro atoms. The highest BCUT2D eigenvalue weighted by molar-refractivity contribution is 5.91. The maximum atomic E-state index is 12.9. The van der Waals surface area contributed by atoms with Crippen LogP contribution in [0.15, 0.2) is 24.3 Å². The molecule has 1 aliphatic carbocycles. The Kier molecular flexibility index (Phi) is 5.93. The van der Waals surface area contributed by atoms with E-state index in [4.69, 9.17) is 4.74 Å². The van der Waals surface area contributed by atoms with E-state index < -0.39 is 23.7 Å². The van der Waals surface area contributed by atoms with E-state index in [1.807, 2.05) is 0 Å². The quantitative estimate of drug-likeness (QED) is 0.762. The summed E-state index contributed by atoms with van der Waals surface area (Å²) in [6.07, 6.45) is 3.51. The van der Waals surface area contributed by atoms with Crippen LogP contribution in [0.25, 0.3) is 0 Å². The molecular formula is C19H24FN3O4. The van der Waals surface area contributed by atoms with Crippen molar-refractivity contribution >= 4 is 17.7 Å². The van der Waals surface area contributed by atoms with E-state index in [0.29, 0.717) is 12.3 Å². The summed E-state index contributed by atoms with van der Waals surface area (Å²) in [6.45, 7) is 1.92. The molecule has 1 aliphatic heterocycles. The van der Waals surface area contributed by atoms with E-state index in [1.54, 1.807) is 4.90 Å². The fourth-order valence-corrected chi connectivity index (χ4v) is 3.57. The van der Waals surface area contributed by atoms with Gasteiger partial charge in [-0.3, -0.25) is 25.2 Å². The third-order valence-corrected chi connectivity index (χ3v) is 5.10. The number of carbonyl (C=O) groups is 3. The van der Waals surface area contributed by atoms with Gasteiger partial charge in [-0.05, 0) is 44.0 Å². The highest BCUT2D eigenvalue weighted by Crippen LogP contribution is 2.29. The van der Waals surface area contributed by atoms with Crippen molar-refractivity contribution in [1.82, 2.24) is 15.8 Å². The monoisotopic (exact) mass is 377 g/mol. The number of carbonyl (C=O) groups excluding carboxylic acids is 3. The number of hydrazine groups is 1. The molecule has 1 saturated heterocycles. The van der Waals surface area contributed by atoms with E-state index in [0.717, 1.165) is 25.7 Å². The van der Waals surface area contributed by atoms with Crippen LogP contribution in [0, 0.1) is 11.7 Å². The predicted octanol–water partition coefficient (Wildman–Crippen LogP) is 1.53. The van der Waals surface area contributed by atoms with Crippen molar-refractivity contribution < 1.29 is 23.5 Å². The molecule has 1 heterocycles. The van der Waals surface area contributed by atoms with E-state index >= 15 is 0 Å². The van der Waals surface area contributed by atoms with Crippen LogP contribution in [0.1, 0.15) is 39.0 Å². The van der Waals surface area contributed by atoms with Crippen molar-refractivity contribution in [1.29, 1.82) is 0 Å². The van der Waals surface area contributed by atoms with Gasteiger partial charge in [0.1, 0.15) is 11.6 Å². The summed E-state index contributed by atoms with van der Waals surface area (Å²) in [5.74, 6) is -1.44.